The Kier molecular flexibility index (Phi) is 6.78. The second kappa shape index (κ2) is 9.69. The Balaban J connectivity index is 1.12. The number of nitrogens with zero attached hydrogens (tertiary/aromatic N) is 6. The molecular weight excluding hydrogens is 424 g/mol. The fourth-order valence-corrected chi connectivity index (χ4v) is 6.03. The van der Waals surface area contributed by atoms with Crippen molar-refractivity contribution < 1.29 is 12.8 Å². The van der Waals surface area contributed by atoms with E-state index in [1.54, 1.807) is 4.80 Å². The van der Waals surface area contributed by atoms with Crippen LogP contribution in [0.25, 0.3) is 11.4 Å². The summed E-state index contributed by atoms with van der Waals surface area (Å²) in [6.45, 7) is 0.736. The average Bonchev–Trinajstić information content (AvgIpc) is 3.46. The van der Waals surface area contributed by atoms with Crippen LogP contribution in [0.4, 0.5) is 0 Å². The first-order valence-corrected chi connectivity index (χ1v) is 12.9. The maximum Gasteiger partial charge on any atom is 0.276 e. The lowest BCUT2D eigenvalue weighted by molar-refractivity contribution is 0.389. The van der Waals surface area contributed by atoms with Gasteiger partial charge in [-0.2, -0.15) is 4.80 Å². The molecule has 1 saturated heterocycles. The van der Waals surface area contributed by atoms with Crippen LogP contribution in [0.1, 0.15) is 31.6 Å². The van der Waals surface area contributed by atoms with Gasteiger partial charge in [-0.15, -0.1) is 20.4 Å². The molecule has 1 atom stereocenters. The lowest BCUT2D eigenvalue weighted by atomic mass is 10.1. The van der Waals surface area contributed by atoms with Crippen molar-refractivity contribution in [1.82, 2.24) is 30.4 Å². The van der Waals surface area contributed by atoms with E-state index >= 15 is 0 Å². The fraction of sp³-hybridized carbons (Fsp3) is 0.526. The highest BCUT2D eigenvalue weighted by molar-refractivity contribution is 7.99. The third kappa shape index (κ3) is 5.88. The summed E-state index contributed by atoms with van der Waals surface area (Å²) in [6.07, 6.45) is 4.25. The molecule has 160 valence electrons. The third-order valence-electron chi connectivity index (χ3n) is 4.95. The molecule has 3 aromatic rings. The highest BCUT2D eigenvalue weighted by atomic mass is 32.2. The van der Waals surface area contributed by atoms with Crippen molar-refractivity contribution in [2.24, 2.45) is 5.92 Å². The third-order valence-corrected chi connectivity index (χ3v) is 7.69. The zero-order valence-electron chi connectivity index (χ0n) is 16.6. The van der Waals surface area contributed by atoms with E-state index in [2.05, 4.69) is 25.6 Å². The maximum atomic E-state index is 11.5. The van der Waals surface area contributed by atoms with Gasteiger partial charge in [-0.3, -0.25) is 0 Å². The van der Waals surface area contributed by atoms with Gasteiger partial charge in [0.1, 0.15) is 0 Å². The summed E-state index contributed by atoms with van der Waals surface area (Å²) < 4.78 is 28.7. The number of aryl methyl sites for hydroxylation is 1. The van der Waals surface area contributed by atoms with Gasteiger partial charge in [-0.25, -0.2) is 8.42 Å². The average molecular weight is 449 g/mol. The van der Waals surface area contributed by atoms with Crippen molar-refractivity contribution in [2.75, 3.05) is 17.3 Å². The number of unbranched alkanes of at least 4 members (excludes halogenated alkanes) is 2. The van der Waals surface area contributed by atoms with E-state index in [-0.39, 0.29) is 17.4 Å². The van der Waals surface area contributed by atoms with Crippen molar-refractivity contribution in [3.8, 4) is 11.4 Å². The van der Waals surface area contributed by atoms with E-state index < -0.39 is 9.84 Å². The summed E-state index contributed by atoms with van der Waals surface area (Å²) in [5, 5.41) is 21.3. The Bertz CT molecular complexity index is 1050. The molecule has 0 saturated carbocycles. The molecule has 9 nitrogen and oxygen atoms in total. The maximum absolute atomic E-state index is 11.5. The van der Waals surface area contributed by atoms with E-state index in [0.717, 1.165) is 37.1 Å². The minimum Gasteiger partial charge on any atom is -0.416 e. The van der Waals surface area contributed by atoms with E-state index in [9.17, 15) is 8.42 Å². The predicted octanol–water partition coefficient (Wildman–Crippen LogP) is 2.66. The van der Waals surface area contributed by atoms with Crippen molar-refractivity contribution in [2.45, 2.75) is 43.9 Å². The molecule has 3 heterocycles. The van der Waals surface area contributed by atoms with Crippen LogP contribution in [0.2, 0.25) is 0 Å². The van der Waals surface area contributed by atoms with Gasteiger partial charge in [0.15, 0.2) is 9.84 Å². The van der Waals surface area contributed by atoms with Gasteiger partial charge in [0, 0.05) is 17.7 Å². The topological polar surface area (TPSA) is 117 Å². The van der Waals surface area contributed by atoms with Gasteiger partial charge < -0.3 is 4.42 Å². The van der Waals surface area contributed by atoms with E-state index in [0.29, 0.717) is 29.8 Å². The van der Waals surface area contributed by atoms with Crippen LogP contribution >= 0.6 is 11.8 Å². The normalized spacial score (nSPS) is 18.1. The van der Waals surface area contributed by atoms with Gasteiger partial charge in [-0.1, -0.05) is 48.5 Å². The van der Waals surface area contributed by atoms with Crippen LogP contribution in [0.15, 0.2) is 40.0 Å². The Morgan fingerprint density at radius 1 is 1.10 bits per heavy atom. The van der Waals surface area contributed by atoms with Crippen LogP contribution in [-0.4, -0.2) is 56.1 Å². The van der Waals surface area contributed by atoms with Crippen LogP contribution in [0.5, 0.6) is 0 Å². The van der Waals surface area contributed by atoms with E-state index in [1.165, 1.54) is 11.8 Å². The fourth-order valence-electron chi connectivity index (χ4n) is 3.39. The van der Waals surface area contributed by atoms with Gasteiger partial charge in [-0.05, 0) is 30.4 Å². The first kappa shape index (κ1) is 21.0. The molecule has 0 bridgehead atoms. The monoisotopic (exact) mass is 448 g/mol. The van der Waals surface area contributed by atoms with Crippen LogP contribution < -0.4 is 0 Å². The summed E-state index contributed by atoms with van der Waals surface area (Å²) >= 11 is 1.54. The van der Waals surface area contributed by atoms with Gasteiger partial charge in [0.2, 0.25) is 11.7 Å². The van der Waals surface area contributed by atoms with Crippen molar-refractivity contribution in [3.05, 3.63) is 36.2 Å². The molecule has 0 radical (unpaired) electrons. The second-order valence-corrected chi connectivity index (χ2v) is 10.7. The molecule has 0 amide bonds. The number of rotatable bonds is 10. The number of tetrazole rings is 1. The molecule has 0 aliphatic carbocycles. The number of hydrogen-bond acceptors (Lipinski definition) is 9. The van der Waals surface area contributed by atoms with Crippen molar-refractivity contribution in [3.63, 3.8) is 0 Å². The number of aromatic nitrogens is 6. The largest absolute Gasteiger partial charge is 0.416 e. The highest BCUT2D eigenvalue weighted by Gasteiger charge is 2.29. The molecule has 1 aliphatic rings. The summed E-state index contributed by atoms with van der Waals surface area (Å²) in [5.41, 5.74) is 0.966. The van der Waals surface area contributed by atoms with E-state index in [1.807, 2.05) is 30.3 Å². The lowest BCUT2D eigenvalue weighted by Gasteiger charge is -2.02. The van der Waals surface area contributed by atoms with Crippen LogP contribution in [0, 0.1) is 5.92 Å². The zero-order chi connectivity index (χ0) is 20.8. The number of hydrogen-bond donors (Lipinski definition) is 0. The molecule has 11 heteroatoms. The van der Waals surface area contributed by atoms with Gasteiger partial charge >= 0.3 is 0 Å². The number of benzene rings is 1. The zero-order valence-corrected chi connectivity index (χ0v) is 18.2. The Morgan fingerprint density at radius 2 is 1.97 bits per heavy atom. The quantitative estimate of drug-likeness (QED) is 0.341. The second-order valence-electron chi connectivity index (χ2n) is 7.42. The molecule has 0 spiro atoms. The molecule has 1 unspecified atom stereocenters. The SMILES string of the molecule is O=S1(=O)CCC(Cc2nnc(SCCCCCn3nnc(-c4ccccc4)n3)o2)C1. The summed E-state index contributed by atoms with van der Waals surface area (Å²) in [4.78, 5) is 1.64. The molecule has 0 N–H and O–H groups in total. The number of thioether (sulfide) groups is 1. The van der Waals surface area contributed by atoms with Crippen LogP contribution in [0.3, 0.4) is 0 Å². The first-order valence-electron chi connectivity index (χ1n) is 10.1. The Morgan fingerprint density at radius 3 is 2.77 bits per heavy atom. The minimum absolute atomic E-state index is 0.0982. The molecule has 1 aromatic carbocycles. The Labute approximate surface area is 179 Å². The smallest absolute Gasteiger partial charge is 0.276 e. The predicted molar refractivity (Wildman–Crippen MR) is 113 cm³/mol. The Hall–Kier alpha value is -2.27. The van der Waals surface area contributed by atoms with E-state index in [4.69, 9.17) is 4.42 Å². The molecule has 1 fully saturated rings. The van der Waals surface area contributed by atoms with Crippen molar-refractivity contribution in [1.29, 1.82) is 0 Å². The highest BCUT2D eigenvalue weighted by Crippen LogP contribution is 2.24. The standard InChI is InChI=1S/C19H24N6O3S2/c26-30(27)12-9-15(14-30)13-17-20-22-19(28-17)29-11-6-2-5-10-25-23-18(21-24-25)16-7-3-1-4-8-16/h1,3-4,7-8,15H,2,5-6,9-14H2. The van der Waals surface area contributed by atoms with Gasteiger partial charge in [0.25, 0.3) is 5.22 Å². The molecular formula is C19H24N6O3S2. The molecule has 2 aromatic heterocycles. The molecule has 4 rings (SSSR count). The summed E-state index contributed by atoms with van der Waals surface area (Å²) in [5.74, 6) is 2.66. The van der Waals surface area contributed by atoms with Crippen LogP contribution in [-0.2, 0) is 22.8 Å². The summed E-state index contributed by atoms with van der Waals surface area (Å²) in [6, 6.07) is 9.82. The number of sulfone groups is 1. The van der Waals surface area contributed by atoms with Gasteiger partial charge in [0.05, 0.1) is 18.1 Å². The molecule has 1 aliphatic heterocycles. The first-order chi connectivity index (χ1) is 14.6. The molecule has 30 heavy (non-hydrogen) atoms. The summed E-state index contributed by atoms with van der Waals surface area (Å²) in [7, 11) is -2.87. The lowest BCUT2D eigenvalue weighted by Crippen LogP contribution is -2.07. The minimum atomic E-state index is -2.87. The van der Waals surface area contributed by atoms with Crippen molar-refractivity contribution >= 4 is 21.6 Å².